The van der Waals surface area contributed by atoms with E-state index < -0.39 is 17.9 Å². The third-order valence-electron chi connectivity index (χ3n) is 4.78. The van der Waals surface area contributed by atoms with Crippen molar-refractivity contribution in [1.29, 1.82) is 0 Å². The van der Waals surface area contributed by atoms with Gasteiger partial charge in [0.1, 0.15) is 18.4 Å². The van der Waals surface area contributed by atoms with Crippen LogP contribution >= 0.6 is 0 Å². The number of nitrogens with zero attached hydrogens (tertiary/aromatic N) is 3. The Bertz CT molecular complexity index is 708. The van der Waals surface area contributed by atoms with Gasteiger partial charge < -0.3 is 15.0 Å². The number of amides is 1. The number of piperidine rings is 1. The van der Waals surface area contributed by atoms with Gasteiger partial charge in [-0.1, -0.05) is 20.8 Å². The van der Waals surface area contributed by atoms with E-state index in [4.69, 9.17) is 4.74 Å². The number of carbonyl (C=O) groups excluding carboxylic acids is 2. The summed E-state index contributed by atoms with van der Waals surface area (Å²) in [6.45, 7) is 7.68. The number of esters is 1. The van der Waals surface area contributed by atoms with Crippen LogP contribution in [0, 0.1) is 11.8 Å². The van der Waals surface area contributed by atoms with Crippen LogP contribution in [0.15, 0.2) is 16.9 Å². The van der Waals surface area contributed by atoms with Crippen molar-refractivity contribution in [2.75, 3.05) is 25.1 Å². The zero-order chi connectivity index (χ0) is 20.0. The lowest BCUT2D eigenvalue weighted by Crippen LogP contribution is -2.45. The second-order valence-corrected chi connectivity index (χ2v) is 7.63. The molecule has 1 aromatic heterocycles. The topological polar surface area (TPSA) is 93.5 Å². The lowest BCUT2D eigenvalue weighted by Gasteiger charge is -2.31. The number of methoxy groups -OCH3 is 1. The van der Waals surface area contributed by atoms with Crippen molar-refractivity contribution >= 4 is 17.7 Å². The first-order valence-corrected chi connectivity index (χ1v) is 9.50. The van der Waals surface area contributed by atoms with Gasteiger partial charge in [-0.15, -0.1) is 0 Å². The van der Waals surface area contributed by atoms with E-state index in [0.717, 1.165) is 30.6 Å². The summed E-state index contributed by atoms with van der Waals surface area (Å²) in [6, 6.07) is 2.40. The molecule has 0 bridgehead atoms. The van der Waals surface area contributed by atoms with Crippen LogP contribution in [0.3, 0.4) is 0 Å². The average molecular weight is 378 g/mol. The number of aromatic nitrogens is 2. The van der Waals surface area contributed by atoms with Crippen LogP contribution in [0.25, 0.3) is 0 Å². The number of nitrogens with one attached hydrogen (secondary N) is 1. The molecule has 1 aromatic rings. The highest BCUT2D eigenvalue weighted by Crippen LogP contribution is 2.20. The van der Waals surface area contributed by atoms with E-state index in [2.05, 4.69) is 22.2 Å². The molecule has 0 spiro atoms. The highest BCUT2D eigenvalue weighted by atomic mass is 16.5. The molecular formula is C19H30N4O4. The zero-order valence-electron chi connectivity index (χ0n) is 16.6. The summed E-state index contributed by atoms with van der Waals surface area (Å²) in [7, 11) is 1.29. The minimum Gasteiger partial charge on any atom is -0.467 e. The number of hydrogen-bond acceptors (Lipinski definition) is 6. The number of rotatable bonds is 7. The molecule has 1 aliphatic rings. The zero-order valence-corrected chi connectivity index (χ0v) is 16.6. The Labute approximate surface area is 159 Å². The van der Waals surface area contributed by atoms with Gasteiger partial charge in [-0.05, 0) is 37.2 Å². The van der Waals surface area contributed by atoms with Crippen molar-refractivity contribution in [3.05, 3.63) is 22.5 Å². The fraction of sp³-hybridized carbons (Fsp3) is 0.684. The maximum atomic E-state index is 12.4. The fourth-order valence-corrected chi connectivity index (χ4v) is 3.16. The molecule has 1 N–H and O–H groups in total. The Morgan fingerprint density at radius 1 is 1.30 bits per heavy atom. The van der Waals surface area contributed by atoms with Gasteiger partial charge in [-0.2, -0.15) is 5.10 Å². The molecule has 8 nitrogen and oxygen atoms in total. The van der Waals surface area contributed by atoms with Crippen LogP contribution in [0.5, 0.6) is 0 Å². The van der Waals surface area contributed by atoms with E-state index in [1.807, 2.05) is 13.8 Å². The van der Waals surface area contributed by atoms with Crippen LogP contribution in [0.4, 0.5) is 5.82 Å². The Balaban J connectivity index is 2.06. The summed E-state index contributed by atoms with van der Waals surface area (Å²) >= 11 is 0. The molecule has 0 radical (unpaired) electrons. The highest BCUT2D eigenvalue weighted by molar-refractivity contribution is 5.84. The normalized spacial score (nSPS) is 16.3. The number of anilines is 1. The molecule has 2 heterocycles. The van der Waals surface area contributed by atoms with Gasteiger partial charge >= 0.3 is 5.97 Å². The summed E-state index contributed by atoms with van der Waals surface area (Å²) in [5.41, 5.74) is -0.349. The van der Waals surface area contributed by atoms with E-state index in [1.165, 1.54) is 13.2 Å². The molecular weight excluding hydrogens is 348 g/mol. The third-order valence-corrected chi connectivity index (χ3v) is 4.78. The Hall–Kier alpha value is -2.38. The van der Waals surface area contributed by atoms with Crippen LogP contribution in [0.1, 0.15) is 40.0 Å². The molecule has 0 aliphatic carbocycles. The second kappa shape index (κ2) is 9.53. The lowest BCUT2D eigenvalue weighted by atomic mass is 9.99. The monoisotopic (exact) mass is 378 g/mol. The summed E-state index contributed by atoms with van der Waals surface area (Å²) in [4.78, 5) is 38.5. The molecule has 1 fully saturated rings. The van der Waals surface area contributed by atoms with Crippen LogP contribution in [0.2, 0.25) is 0 Å². The van der Waals surface area contributed by atoms with Gasteiger partial charge in [0.15, 0.2) is 0 Å². The Morgan fingerprint density at radius 3 is 2.56 bits per heavy atom. The maximum absolute atomic E-state index is 12.4. The Morgan fingerprint density at radius 2 is 1.96 bits per heavy atom. The largest absolute Gasteiger partial charge is 0.467 e. The first kappa shape index (κ1) is 20.9. The van der Waals surface area contributed by atoms with Crippen molar-refractivity contribution in [3.8, 4) is 0 Å². The molecule has 0 saturated carbocycles. The summed E-state index contributed by atoms with van der Waals surface area (Å²) in [5.74, 6) is 0.661. The summed E-state index contributed by atoms with van der Waals surface area (Å²) < 4.78 is 5.90. The smallest absolute Gasteiger partial charge is 0.328 e. The predicted molar refractivity (Wildman–Crippen MR) is 103 cm³/mol. The Kier molecular flexibility index (Phi) is 7.38. The molecule has 1 saturated heterocycles. The molecule has 150 valence electrons. The molecule has 1 aliphatic heterocycles. The number of hydrogen-bond donors (Lipinski definition) is 1. The third kappa shape index (κ3) is 6.08. The van der Waals surface area contributed by atoms with Gasteiger partial charge in [0.2, 0.25) is 5.91 Å². The van der Waals surface area contributed by atoms with E-state index in [0.29, 0.717) is 18.2 Å². The highest BCUT2D eigenvalue weighted by Gasteiger charge is 2.23. The maximum Gasteiger partial charge on any atom is 0.328 e. The average Bonchev–Trinajstić information content (AvgIpc) is 2.62. The van der Waals surface area contributed by atoms with Gasteiger partial charge in [0.05, 0.1) is 7.11 Å². The van der Waals surface area contributed by atoms with Crippen LogP contribution in [-0.2, 0) is 20.9 Å². The summed E-state index contributed by atoms with van der Waals surface area (Å²) in [6.07, 6.45) is 2.63. The van der Waals surface area contributed by atoms with E-state index >= 15 is 0 Å². The van der Waals surface area contributed by atoms with Crippen molar-refractivity contribution in [2.45, 2.75) is 52.6 Å². The van der Waals surface area contributed by atoms with E-state index in [9.17, 15) is 14.4 Å². The van der Waals surface area contributed by atoms with Crippen molar-refractivity contribution in [2.24, 2.45) is 11.8 Å². The number of ether oxygens (including phenoxy) is 1. The van der Waals surface area contributed by atoms with Gasteiger partial charge in [-0.25, -0.2) is 9.48 Å². The molecule has 2 rings (SSSR count). The van der Waals surface area contributed by atoms with E-state index in [1.54, 1.807) is 6.07 Å². The van der Waals surface area contributed by atoms with Crippen molar-refractivity contribution in [1.82, 2.24) is 15.1 Å². The summed E-state index contributed by atoms with van der Waals surface area (Å²) in [5, 5.41) is 7.00. The number of carbonyl (C=O) groups is 2. The molecule has 1 atom stereocenters. The second-order valence-electron chi connectivity index (χ2n) is 7.63. The molecule has 0 aromatic carbocycles. The van der Waals surface area contributed by atoms with Crippen molar-refractivity contribution < 1.29 is 14.3 Å². The van der Waals surface area contributed by atoms with E-state index in [-0.39, 0.29) is 18.0 Å². The van der Waals surface area contributed by atoms with Crippen LogP contribution < -0.4 is 15.8 Å². The van der Waals surface area contributed by atoms with Crippen molar-refractivity contribution in [3.63, 3.8) is 0 Å². The minimum atomic E-state index is -0.732. The lowest BCUT2D eigenvalue weighted by molar-refractivity contribution is -0.145. The minimum absolute atomic E-state index is 0.208. The molecule has 8 heteroatoms. The first-order valence-electron chi connectivity index (χ1n) is 9.50. The SMILES string of the molecule is COC(=O)C(CC(C)C)NC(=O)Cn1nc(N2CCC(C)CC2)ccc1=O. The van der Waals surface area contributed by atoms with Gasteiger partial charge in [-0.3, -0.25) is 9.59 Å². The fourth-order valence-electron chi connectivity index (χ4n) is 3.16. The standard InChI is InChI=1S/C19H30N4O4/c1-13(2)11-15(19(26)27-4)20-17(24)12-23-18(25)6-5-16(21-23)22-9-7-14(3)8-10-22/h5-6,13-15H,7-12H2,1-4H3,(H,20,24). The predicted octanol–water partition coefficient (Wildman–Crippen LogP) is 1.18. The first-order chi connectivity index (χ1) is 12.8. The molecule has 27 heavy (non-hydrogen) atoms. The van der Waals surface area contributed by atoms with Gasteiger partial charge in [0, 0.05) is 19.2 Å². The van der Waals surface area contributed by atoms with Gasteiger partial charge in [0.25, 0.3) is 5.56 Å². The molecule has 1 amide bonds. The molecule has 1 unspecified atom stereocenters. The quantitative estimate of drug-likeness (QED) is 0.716. The van der Waals surface area contributed by atoms with Crippen LogP contribution in [-0.4, -0.2) is 47.9 Å².